The molecule has 0 radical (unpaired) electrons. The summed E-state index contributed by atoms with van der Waals surface area (Å²) < 4.78 is 7.53. The Morgan fingerprint density at radius 2 is 2.12 bits per heavy atom. The van der Waals surface area contributed by atoms with Gasteiger partial charge in [-0.1, -0.05) is 0 Å². The molecule has 3 heteroatoms. The molecule has 0 bridgehead atoms. The lowest BCUT2D eigenvalue weighted by Gasteiger charge is -2.13. The van der Waals surface area contributed by atoms with Crippen molar-refractivity contribution < 1.29 is 4.42 Å². The van der Waals surface area contributed by atoms with E-state index in [1.165, 1.54) is 5.69 Å². The maximum absolute atomic E-state index is 5.26. The van der Waals surface area contributed by atoms with Crippen LogP contribution >= 0.6 is 0 Å². The van der Waals surface area contributed by atoms with Crippen LogP contribution in [0.3, 0.4) is 0 Å². The largest absolute Gasteiger partial charge is 0.468 e. The molecule has 2 aromatic heterocycles. The third kappa shape index (κ3) is 2.55. The van der Waals surface area contributed by atoms with Gasteiger partial charge in [0.1, 0.15) is 5.76 Å². The van der Waals surface area contributed by atoms with E-state index in [0.717, 1.165) is 18.8 Å². The summed E-state index contributed by atoms with van der Waals surface area (Å²) in [6, 6.07) is 8.64. The molecule has 3 nitrogen and oxygen atoms in total. The summed E-state index contributed by atoms with van der Waals surface area (Å²) in [7, 11) is 0. The lowest BCUT2D eigenvalue weighted by atomic mass is 10.3. The zero-order valence-electron chi connectivity index (χ0n) is 9.81. The molecule has 2 rings (SSSR count). The molecule has 0 unspecified atom stereocenters. The van der Waals surface area contributed by atoms with Crippen LogP contribution in [0.25, 0.3) is 0 Å². The number of hydrogen-bond donors (Lipinski definition) is 1. The number of nitrogens with zero attached hydrogens (tertiary/aromatic N) is 1. The van der Waals surface area contributed by atoms with Gasteiger partial charge in [0.25, 0.3) is 0 Å². The maximum atomic E-state index is 5.26. The Balaban J connectivity index is 1.87. The van der Waals surface area contributed by atoms with E-state index in [1.807, 2.05) is 12.1 Å². The van der Waals surface area contributed by atoms with Crippen LogP contribution in [0.1, 0.15) is 31.3 Å². The van der Waals surface area contributed by atoms with E-state index in [4.69, 9.17) is 4.42 Å². The maximum Gasteiger partial charge on any atom is 0.117 e. The normalized spacial score (nSPS) is 11.2. The van der Waals surface area contributed by atoms with Crippen molar-refractivity contribution in [1.82, 2.24) is 9.88 Å². The van der Waals surface area contributed by atoms with Crippen LogP contribution in [0.15, 0.2) is 41.1 Å². The highest BCUT2D eigenvalue weighted by Gasteiger charge is 2.03. The summed E-state index contributed by atoms with van der Waals surface area (Å²) in [4.78, 5) is 0. The van der Waals surface area contributed by atoms with Gasteiger partial charge < -0.3 is 14.3 Å². The molecule has 0 aliphatic carbocycles. The molecule has 0 atom stereocenters. The summed E-state index contributed by atoms with van der Waals surface area (Å²) in [6.07, 6.45) is 3.82. The molecule has 2 heterocycles. The number of rotatable bonds is 5. The van der Waals surface area contributed by atoms with Crippen molar-refractivity contribution in [1.29, 1.82) is 0 Å². The SMILES string of the molecule is CC(C)n1cccc1CNCc1ccco1. The van der Waals surface area contributed by atoms with Crippen molar-refractivity contribution in [3.63, 3.8) is 0 Å². The highest BCUT2D eigenvalue weighted by molar-refractivity contribution is 5.08. The van der Waals surface area contributed by atoms with Crippen LogP contribution in [0, 0.1) is 0 Å². The van der Waals surface area contributed by atoms with E-state index in [9.17, 15) is 0 Å². The number of hydrogen-bond acceptors (Lipinski definition) is 2. The highest BCUT2D eigenvalue weighted by Crippen LogP contribution is 2.10. The van der Waals surface area contributed by atoms with Crippen molar-refractivity contribution in [2.75, 3.05) is 0 Å². The molecular formula is C13H18N2O. The standard InChI is InChI=1S/C13H18N2O/c1-11(2)15-7-3-5-12(15)9-14-10-13-6-4-8-16-13/h3-8,11,14H,9-10H2,1-2H3. The van der Waals surface area contributed by atoms with Crippen molar-refractivity contribution >= 4 is 0 Å². The molecule has 86 valence electrons. The first-order valence-corrected chi connectivity index (χ1v) is 5.66. The third-order valence-corrected chi connectivity index (χ3v) is 2.61. The zero-order chi connectivity index (χ0) is 11.4. The van der Waals surface area contributed by atoms with Crippen LogP contribution < -0.4 is 5.32 Å². The molecule has 0 spiro atoms. The minimum atomic E-state index is 0.510. The molecule has 0 aromatic carbocycles. The van der Waals surface area contributed by atoms with Gasteiger partial charge >= 0.3 is 0 Å². The molecule has 0 fully saturated rings. The fourth-order valence-electron chi connectivity index (χ4n) is 1.81. The summed E-state index contributed by atoms with van der Waals surface area (Å²) in [5.74, 6) is 0.975. The Hall–Kier alpha value is -1.48. The monoisotopic (exact) mass is 218 g/mol. The predicted octanol–water partition coefficient (Wildman–Crippen LogP) is 2.95. The third-order valence-electron chi connectivity index (χ3n) is 2.61. The Kier molecular flexibility index (Phi) is 3.47. The van der Waals surface area contributed by atoms with Crippen LogP contribution in [-0.4, -0.2) is 4.57 Å². The topological polar surface area (TPSA) is 30.1 Å². The van der Waals surface area contributed by atoms with Crippen molar-refractivity contribution in [3.05, 3.63) is 48.2 Å². The second kappa shape index (κ2) is 5.03. The smallest absolute Gasteiger partial charge is 0.117 e. The highest BCUT2D eigenvalue weighted by atomic mass is 16.3. The second-order valence-corrected chi connectivity index (χ2v) is 4.18. The first-order valence-electron chi connectivity index (χ1n) is 5.66. The molecule has 0 saturated carbocycles. The molecule has 0 aliphatic heterocycles. The number of furan rings is 1. The fraction of sp³-hybridized carbons (Fsp3) is 0.385. The quantitative estimate of drug-likeness (QED) is 0.836. The number of nitrogens with one attached hydrogen (secondary N) is 1. The summed E-state index contributed by atoms with van der Waals surface area (Å²) >= 11 is 0. The minimum Gasteiger partial charge on any atom is -0.468 e. The van der Waals surface area contributed by atoms with Gasteiger partial charge in [-0.05, 0) is 38.1 Å². The van der Waals surface area contributed by atoms with E-state index in [1.54, 1.807) is 6.26 Å². The van der Waals surface area contributed by atoms with E-state index >= 15 is 0 Å². The average molecular weight is 218 g/mol. The lowest BCUT2D eigenvalue weighted by molar-refractivity contribution is 0.475. The van der Waals surface area contributed by atoms with Crippen LogP contribution in [0.4, 0.5) is 0 Å². The van der Waals surface area contributed by atoms with E-state index < -0.39 is 0 Å². The van der Waals surface area contributed by atoms with Gasteiger partial charge in [0.15, 0.2) is 0 Å². The van der Waals surface area contributed by atoms with Gasteiger partial charge in [-0.15, -0.1) is 0 Å². The molecule has 0 amide bonds. The summed E-state index contributed by atoms with van der Waals surface area (Å²) in [5, 5.41) is 3.37. The van der Waals surface area contributed by atoms with Crippen LogP contribution in [0.2, 0.25) is 0 Å². The average Bonchev–Trinajstić information content (AvgIpc) is 2.87. The van der Waals surface area contributed by atoms with Gasteiger partial charge in [0.05, 0.1) is 12.8 Å². The first-order chi connectivity index (χ1) is 7.77. The Bertz CT molecular complexity index is 415. The van der Waals surface area contributed by atoms with Gasteiger partial charge in [0.2, 0.25) is 0 Å². The second-order valence-electron chi connectivity index (χ2n) is 4.18. The van der Waals surface area contributed by atoms with Gasteiger partial charge in [-0.25, -0.2) is 0 Å². The summed E-state index contributed by atoms with van der Waals surface area (Å²) in [5.41, 5.74) is 1.31. The van der Waals surface area contributed by atoms with Crippen molar-refractivity contribution in [2.24, 2.45) is 0 Å². The predicted molar refractivity (Wildman–Crippen MR) is 64.1 cm³/mol. The zero-order valence-corrected chi connectivity index (χ0v) is 9.81. The Labute approximate surface area is 96.1 Å². The molecule has 16 heavy (non-hydrogen) atoms. The van der Waals surface area contributed by atoms with Gasteiger partial charge in [-0.2, -0.15) is 0 Å². The summed E-state index contributed by atoms with van der Waals surface area (Å²) in [6.45, 7) is 6.02. The van der Waals surface area contributed by atoms with Gasteiger partial charge in [0, 0.05) is 24.5 Å². The molecule has 0 aliphatic rings. The van der Waals surface area contributed by atoms with Crippen molar-refractivity contribution in [2.45, 2.75) is 33.0 Å². The van der Waals surface area contributed by atoms with Crippen LogP contribution in [-0.2, 0) is 13.1 Å². The van der Waals surface area contributed by atoms with E-state index in [2.05, 4.69) is 42.1 Å². The molecule has 2 aromatic rings. The van der Waals surface area contributed by atoms with Crippen LogP contribution in [0.5, 0.6) is 0 Å². The molecule has 0 saturated heterocycles. The van der Waals surface area contributed by atoms with E-state index in [-0.39, 0.29) is 0 Å². The first kappa shape index (κ1) is 11.0. The minimum absolute atomic E-state index is 0.510. The Morgan fingerprint density at radius 3 is 2.81 bits per heavy atom. The number of aromatic nitrogens is 1. The molecular weight excluding hydrogens is 200 g/mol. The van der Waals surface area contributed by atoms with Gasteiger partial charge in [-0.3, -0.25) is 0 Å². The molecule has 1 N–H and O–H groups in total. The fourth-order valence-corrected chi connectivity index (χ4v) is 1.81. The lowest BCUT2D eigenvalue weighted by Crippen LogP contribution is -2.16. The van der Waals surface area contributed by atoms with Crippen molar-refractivity contribution in [3.8, 4) is 0 Å². The Morgan fingerprint density at radius 1 is 1.25 bits per heavy atom. The van der Waals surface area contributed by atoms with E-state index in [0.29, 0.717) is 6.04 Å².